The van der Waals surface area contributed by atoms with E-state index in [0.29, 0.717) is 40.0 Å². The summed E-state index contributed by atoms with van der Waals surface area (Å²) in [5.41, 5.74) is 1.79. The summed E-state index contributed by atoms with van der Waals surface area (Å²) in [4.78, 5) is 80.3. The predicted octanol–water partition coefficient (Wildman–Crippen LogP) is 3.66. The van der Waals surface area contributed by atoms with E-state index in [2.05, 4.69) is 56.7 Å². The highest BCUT2D eigenvalue weighted by atomic mass is 79.9. The fourth-order valence-corrected chi connectivity index (χ4v) is 7.08. The third kappa shape index (κ3) is 7.31. The minimum atomic E-state index is -0.870. The Hall–Kier alpha value is -5.25. The minimum absolute atomic E-state index is 0.190. The summed E-state index contributed by atoms with van der Waals surface area (Å²) in [6.07, 6.45) is 3.55. The topological polar surface area (TPSA) is 190 Å². The standard InChI is InChI=1S/C35H38BrN9O6/c1-18(2)30(42-34(50)51-5)33(49)39-17-35-12-25(32(48)41-28-8-6-7-27(36)40-28)45(26(35)13-35)29(47)16-44-24-10-9-21(22-14-37-20(4)38-15-22)11-23(24)31(43-44)19(3)46/h6-11,14-15,18,25-26,30H,12-13,16-17H2,1-5H3,(H,39,49)(H,42,50)(H,40,41,48)/t25-,26?,30?,35?/m0/s1. The van der Waals surface area contributed by atoms with E-state index in [1.165, 1.54) is 18.7 Å². The number of nitrogens with zero attached hydrogens (tertiary/aromatic N) is 6. The number of benzene rings is 1. The van der Waals surface area contributed by atoms with Crippen LogP contribution in [0.4, 0.5) is 10.6 Å². The van der Waals surface area contributed by atoms with Crippen LogP contribution in [-0.4, -0.2) is 91.0 Å². The first-order chi connectivity index (χ1) is 24.3. The van der Waals surface area contributed by atoms with Crippen molar-refractivity contribution in [2.24, 2.45) is 11.3 Å². The van der Waals surface area contributed by atoms with Crippen molar-refractivity contribution < 1.29 is 28.7 Å². The molecule has 4 heterocycles. The van der Waals surface area contributed by atoms with Gasteiger partial charge in [-0.25, -0.2) is 19.7 Å². The van der Waals surface area contributed by atoms with Crippen molar-refractivity contribution >= 4 is 62.2 Å². The number of nitrogens with one attached hydrogen (secondary N) is 3. The number of aryl methyl sites for hydroxylation is 1. The summed E-state index contributed by atoms with van der Waals surface area (Å²) in [5.74, 6) is -0.709. The number of anilines is 1. The zero-order chi connectivity index (χ0) is 36.6. The summed E-state index contributed by atoms with van der Waals surface area (Å²) in [7, 11) is 1.22. The highest BCUT2D eigenvalue weighted by molar-refractivity contribution is 9.10. The van der Waals surface area contributed by atoms with E-state index in [9.17, 15) is 24.0 Å². The summed E-state index contributed by atoms with van der Waals surface area (Å²) in [6, 6.07) is 8.55. The lowest BCUT2D eigenvalue weighted by molar-refractivity contribution is -0.138. The van der Waals surface area contributed by atoms with Gasteiger partial charge in [-0.2, -0.15) is 5.10 Å². The second-order valence-electron chi connectivity index (χ2n) is 13.3. The quantitative estimate of drug-likeness (QED) is 0.150. The van der Waals surface area contributed by atoms with Gasteiger partial charge < -0.3 is 25.6 Å². The molecule has 1 saturated heterocycles. The van der Waals surface area contributed by atoms with E-state index >= 15 is 0 Å². The van der Waals surface area contributed by atoms with Crippen molar-refractivity contribution in [3.8, 4) is 11.1 Å². The second-order valence-corrected chi connectivity index (χ2v) is 14.1. The van der Waals surface area contributed by atoms with Gasteiger partial charge >= 0.3 is 6.09 Å². The molecule has 1 aliphatic carbocycles. The largest absolute Gasteiger partial charge is 0.453 e. The third-order valence-electron chi connectivity index (χ3n) is 9.48. The van der Waals surface area contributed by atoms with E-state index in [-0.39, 0.29) is 42.4 Å². The lowest BCUT2D eigenvalue weighted by Crippen LogP contribution is -2.50. The average Bonchev–Trinajstić information content (AvgIpc) is 3.51. The minimum Gasteiger partial charge on any atom is -0.453 e. The summed E-state index contributed by atoms with van der Waals surface area (Å²) >= 11 is 3.32. The first kappa shape index (κ1) is 35.6. The van der Waals surface area contributed by atoms with Gasteiger partial charge in [0.2, 0.25) is 17.7 Å². The zero-order valence-electron chi connectivity index (χ0n) is 28.8. The predicted molar refractivity (Wildman–Crippen MR) is 189 cm³/mol. The number of piperidine rings is 1. The van der Waals surface area contributed by atoms with Crippen LogP contribution in [0.2, 0.25) is 0 Å². The van der Waals surface area contributed by atoms with Crippen molar-refractivity contribution in [2.45, 2.75) is 65.2 Å². The fourth-order valence-electron chi connectivity index (χ4n) is 6.74. The number of methoxy groups -OCH3 is 1. The molecule has 2 aliphatic rings. The van der Waals surface area contributed by atoms with Crippen molar-refractivity contribution in [1.82, 2.24) is 40.3 Å². The first-order valence-corrected chi connectivity index (χ1v) is 17.3. The number of aromatic nitrogens is 5. The van der Waals surface area contributed by atoms with Gasteiger partial charge in [0.05, 0.1) is 12.6 Å². The molecule has 15 nitrogen and oxygen atoms in total. The Bertz CT molecular complexity index is 2030. The zero-order valence-corrected chi connectivity index (χ0v) is 30.4. The smallest absolute Gasteiger partial charge is 0.407 e. The molecular weight excluding hydrogens is 722 g/mol. The number of carbonyl (C=O) groups excluding carboxylic acids is 5. The van der Waals surface area contributed by atoms with Gasteiger partial charge in [-0.15, -0.1) is 0 Å². The van der Waals surface area contributed by atoms with Gasteiger partial charge in [0.15, 0.2) is 5.78 Å². The molecule has 1 aliphatic heterocycles. The fraction of sp³-hybridized carbons (Fsp3) is 0.400. The van der Waals surface area contributed by atoms with Crippen LogP contribution < -0.4 is 16.0 Å². The van der Waals surface area contributed by atoms with Crippen molar-refractivity contribution in [3.63, 3.8) is 0 Å². The summed E-state index contributed by atoms with van der Waals surface area (Å²) in [5, 5.41) is 13.5. The van der Waals surface area contributed by atoms with Crippen LogP contribution in [0.5, 0.6) is 0 Å². The van der Waals surface area contributed by atoms with Crippen LogP contribution in [0, 0.1) is 18.3 Å². The van der Waals surface area contributed by atoms with Gasteiger partial charge in [-0.05, 0) is 71.4 Å². The van der Waals surface area contributed by atoms with E-state index in [4.69, 9.17) is 0 Å². The lowest BCUT2D eigenvalue weighted by atomic mass is 9.98. The molecule has 0 radical (unpaired) electrons. The number of ketones is 1. The average molecular weight is 761 g/mol. The van der Waals surface area contributed by atoms with Crippen molar-refractivity contribution in [1.29, 1.82) is 0 Å². The highest BCUT2D eigenvalue weighted by Crippen LogP contribution is 2.59. The Morgan fingerprint density at radius 2 is 1.80 bits per heavy atom. The number of carbonyl (C=O) groups is 5. The summed E-state index contributed by atoms with van der Waals surface area (Å²) in [6.45, 7) is 6.79. The molecule has 4 atom stereocenters. The number of halogens is 1. The molecule has 2 fully saturated rings. The van der Waals surface area contributed by atoms with Crippen LogP contribution in [0.25, 0.3) is 22.0 Å². The summed E-state index contributed by atoms with van der Waals surface area (Å²) < 4.78 is 6.71. The normalized spacial score (nSPS) is 19.7. The van der Waals surface area contributed by atoms with E-state index < -0.39 is 35.4 Å². The molecule has 51 heavy (non-hydrogen) atoms. The SMILES string of the molecule is COC(=O)NC(C(=O)NCC12CC1N(C(=O)Cn1nc(C(C)=O)c3cc(-c4cnc(C)nc4)ccc31)[C@H](C(=O)Nc1cccc(Br)n1)C2)C(C)C. The van der Waals surface area contributed by atoms with Crippen LogP contribution in [0.1, 0.15) is 49.9 Å². The molecular formula is C35H38BrN9O6. The highest BCUT2D eigenvalue weighted by Gasteiger charge is 2.67. The molecule has 6 rings (SSSR count). The molecule has 3 unspecified atom stereocenters. The molecule has 0 spiro atoms. The lowest BCUT2D eigenvalue weighted by Gasteiger charge is -2.27. The number of fused-ring (bicyclic) bond motifs is 2. The third-order valence-corrected chi connectivity index (χ3v) is 9.92. The number of amides is 4. The monoisotopic (exact) mass is 759 g/mol. The van der Waals surface area contributed by atoms with Gasteiger partial charge in [0, 0.05) is 48.3 Å². The Kier molecular flexibility index (Phi) is 9.88. The van der Waals surface area contributed by atoms with Crippen LogP contribution in [0.3, 0.4) is 0 Å². The molecule has 1 aromatic carbocycles. The van der Waals surface area contributed by atoms with Crippen molar-refractivity contribution in [2.75, 3.05) is 19.0 Å². The maximum atomic E-state index is 14.3. The Morgan fingerprint density at radius 3 is 2.47 bits per heavy atom. The Labute approximate surface area is 302 Å². The van der Waals surface area contributed by atoms with Crippen LogP contribution in [-0.2, 0) is 25.7 Å². The molecule has 3 N–H and O–H groups in total. The number of pyridine rings is 1. The van der Waals surface area contributed by atoms with Crippen LogP contribution in [0.15, 0.2) is 53.4 Å². The van der Waals surface area contributed by atoms with Gasteiger partial charge in [0.25, 0.3) is 0 Å². The Balaban J connectivity index is 1.27. The number of hydrogen-bond acceptors (Lipinski definition) is 10. The van der Waals surface area contributed by atoms with Gasteiger partial charge in [-0.3, -0.25) is 23.9 Å². The number of ether oxygens (including phenoxy) is 1. The molecule has 1 saturated carbocycles. The van der Waals surface area contributed by atoms with Gasteiger partial charge in [0.1, 0.15) is 40.6 Å². The number of likely N-dealkylation sites (tertiary alicyclic amines) is 1. The van der Waals surface area contributed by atoms with Gasteiger partial charge in [-0.1, -0.05) is 26.0 Å². The number of rotatable bonds is 11. The maximum absolute atomic E-state index is 14.3. The molecule has 0 bridgehead atoms. The number of alkyl carbamates (subject to hydrolysis) is 1. The van der Waals surface area contributed by atoms with Crippen molar-refractivity contribution in [3.05, 3.63) is 64.9 Å². The first-order valence-electron chi connectivity index (χ1n) is 16.5. The molecule has 16 heteroatoms. The maximum Gasteiger partial charge on any atom is 0.407 e. The number of hydrogen-bond donors (Lipinski definition) is 3. The van der Waals surface area contributed by atoms with Crippen LogP contribution >= 0.6 is 15.9 Å². The molecule has 4 amide bonds. The Morgan fingerprint density at radius 1 is 1.06 bits per heavy atom. The van der Waals surface area contributed by atoms with E-state index in [1.54, 1.807) is 62.3 Å². The number of Topliss-reactive ketones (excluding diaryl/α,β-unsaturated/α-hetero) is 1. The molecule has 266 valence electrons. The van der Waals surface area contributed by atoms with E-state index in [0.717, 1.165) is 11.1 Å². The second kappa shape index (κ2) is 14.2. The van der Waals surface area contributed by atoms with E-state index in [1.807, 2.05) is 12.1 Å². The molecule has 3 aromatic heterocycles. The molecule has 4 aromatic rings.